The zero-order valence-corrected chi connectivity index (χ0v) is 13.9. The summed E-state index contributed by atoms with van der Waals surface area (Å²) in [6.07, 6.45) is 3.34. The van der Waals surface area contributed by atoms with E-state index in [1.807, 2.05) is 0 Å². The molecule has 4 rings (SSSR count). The number of anilines is 1. The smallest absolute Gasteiger partial charge is 0.229 e. The van der Waals surface area contributed by atoms with Crippen molar-refractivity contribution in [3.63, 3.8) is 0 Å². The van der Waals surface area contributed by atoms with Crippen LogP contribution in [0.25, 0.3) is 11.3 Å². The highest BCUT2D eigenvalue weighted by Crippen LogP contribution is 2.23. The average molecular weight is 349 g/mol. The summed E-state index contributed by atoms with van der Waals surface area (Å²) >= 11 is 0. The van der Waals surface area contributed by atoms with Crippen molar-refractivity contribution in [2.45, 2.75) is 19.5 Å². The Kier molecular flexibility index (Phi) is 4.04. The molecule has 2 N–H and O–H groups in total. The van der Waals surface area contributed by atoms with E-state index in [1.165, 1.54) is 12.1 Å². The summed E-state index contributed by atoms with van der Waals surface area (Å²) < 4.78 is 13.1. The zero-order chi connectivity index (χ0) is 18.1. The van der Waals surface area contributed by atoms with Crippen LogP contribution in [-0.2, 0) is 24.3 Å². The number of hydrogen-bond donors (Lipinski definition) is 1. The molecule has 0 unspecified atom stereocenters. The maximum atomic E-state index is 13.1. The molecule has 3 aromatic rings. The zero-order valence-electron chi connectivity index (χ0n) is 13.9. The van der Waals surface area contributed by atoms with Crippen molar-refractivity contribution in [3.8, 4) is 11.3 Å². The SMILES string of the molecule is Nc1ccc(-c2ccc(F)cc2)nc1CC(=O)N1Cc2nccnc2C1. The minimum Gasteiger partial charge on any atom is -0.397 e. The van der Waals surface area contributed by atoms with E-state index >= 15 is 0 Å². The first-order chi connectivity index (χ1) is 12.6. The number of fused-ring (bicyclic) bond motifs is 1. The summed E-state index contributed by atoms with van der Waals surface area (Å²) in [5.74, 6) is -0.393. The Hall–Kier alpha value is -3.35. The lowest BCUT2D eigenvalue weighted by molar-refractivity contribution is -0.131. The molecule has 3 heterocycles. The number of amides is 1. The molecule has 2 aromatic heterocycles. The summed E-state index contributed by atoms with van der Waals surface area (Å²) in [6, 6.07) is 9.52. The Morgan fingerprint density at radius 2 is 1.69 bits per heavy atom. The Morgan fingerprint density at radius 3 is 2.35 bits per heavy atom. The molecule has 130 valence electrons. The maximum Gasteiger partial charge on any atom is 0.229 e. The van der Waals surface area contributed by atoms with Gasteiger partial charge in [-0.3, -0.25) is 19.7 Å². The van der Waals surface area contributed by atoms with E-state index in [-0.39, 0.29) is 18.1 Å². The number of benzene rings is 1. The fourth-order valence-electron chi connectivity index (χ4n) is 2.94. The molecule has 7 heteroatoms. The summed E-state index contributed by atoms with van der Waals surface area (Å²) in [5.41, 5.74) is 10.0. The molecule has 0 saturated carbocycles. The number of halogens is 1. The molecule has 6 nitrogen and oxygen atoms in total. The van der Waals surface area contributed by atoms with Gasteiger partial charge in [-0.05, 0) is 36.4 Å². The predicted octanol–water partition coefficient (Wildman–Crippen LogP) is 2.34. The minimum atomic E-state index is -0.310. The first kappa shape index (κ1) is 16.1. The van der Waals surface area contributed by atoms with E-state index in [2.05, 4.69) is 15.0 Å². The van der Waals surface area contributed by atoms with Gasteiger partial charge in [-0.15, -0.1) is 0 Å². The predicted molar refractivity (Wildman–Crippen MR) is 94.0 cm³/mol. The van der Waals surface area contributed by atoms with Crippen LogP contribution in [0, 0.1) is 5.82 Å². The van der Waals surface area contributed by atoms with Gasteiger partial charge in [0.2, 0.25) is 5.91 Å². The molecule has 0 bridgehead atoms. The molecule has 0 fully saturated rings. The molecule has 1 aliphatic rings. The summed E-state index contributed by atoms with van der Waals surface area (Å²) in [6.45, 7) is 0.888. The number of carbonyl (C=O) groups excluding carboxylic acids is 1. The van der Waals surface area contributed by atoms with Crippen molar-refractivity contribution in [1.82, 2.24) is 19.9 Å². The fraction of sp³-hybridized carbons (Fsp3) is 0.158. The molecule has 1 aliphatic heterocycles. The van der Waals surface area contributed by atoms with Crippen molar-refractivity contribution in [2.75, 3.05) is 5.73 Å². The van der Waals surface area contributed by atoms with Crippen LogP contribution >= 0.6 is 0 Å². The molecular weight excluding hydrogens is 333 g/mol. The van der Waals surface area contributed by atoms with E-state index in [0.29, 0.717) is 30.2 Å². The van der Waals surface area contributed by atoms with Gasteiger partial charge in [0.1, 0.15) is 5.82 Å². The number of rotatable bonds is 3. The largest absolute Gasteiger partial charge is 0.397 e. The number of aromatic nitrogens is 3. The van der Waals surface area contributed by atoms with E-state index in [9.17, 15) is 9.18 Å². The summed E-state index contributed by atoms with van der Waals surface area (Å²) in [5, 5.41) is 0. The van der Waals surface area contributed by atoms with Crippen molar-refractivity contribution in [2.24, 2.45) is 0 Å². The number of hydrogen-bond acceptors (Lipinski definition) is 5. The molecule has 1 amide bonds. The van der Waals surface area contributed by atoms with Crippen LogP contribution in [-0.4, -0.2) is 25.8 Å². The van der Waals surface area contributed by atoms with Crippen molar-refractivity contribution >= 4 is 11.6 Å². The molecular formula is C19H16FN5O. The fourth-order valence-corrected chi connectivity index (χ4v) is 2.94. The lowest BCUT2D eigenvalue weighted by atomic mass is 10.1. The lowest BCUT2D eigenvalue weighted by Crippen LogP contribution is -2.27. The van der Waals surface area contributed by atoms with Gasteiger partial charge in [-0.1, -0.05) is 0 Å². The quantitative estimate of drug-likeness (QED) is 0.784. The number of nitrogens with two attached hydrogens (primary N) is 1. The Morgan fingerprint density at radius 1 is 1.04 bits per heavy atom. The van der Waals surface area contributed by atoms with Crippen molar-refractivity contribution in [3.05, 3.63) is 71.7 Å². The topological polar surface area (TPSA) is 85.0 Å². The second kappa shape index (κ2) is 6.51. The van der Waals surface area contributed by atoms with Crippen LogP contribution in [0.2, 0.25) is 0 Å². The number of pyridine rings is 1. The highest BCUT2D eigenvalue weighted by Gasteiger charge is 2.26. The van der Waals surface area contributed by atoms with Crippen LogP contribution in [0.3, 0.4) is 0 Å². The van der Waals surface area contributed by atoms with Crippen LogP contribution in [0.1, 0.15) is 17.1 Å². The Labute approximate surface area is 149 Å². The van der Waals surface area contributed by atoms with Crippen molar-refractivity contribution < 1.29 is 9.18 Å². The van der Waals surface area contributed by atoms with Gasteiger partial charge in [-0.2, -0.15) is 0 Å². The van der Waals surface area contributed by atoms with Gasteiger partial charge >= 0.3 is 0 Å². The first-order valence-corrected chi connectivity index (χ1v) is 8.18. The normalized spacial score (nSPS) is 12.9. The highest BCUT2D eigenvalue weighted by atomic mass is 19.1. The van der Waals surface area contributed by atoms with Gasteiger partial charge in [0, 0.05) is 18.0 Å². The highest BCUT2D eigenvalue weighted by molar-refractivity contribution is 5.80. The molecule has 26 heavy (non-hydrogen) atoms. The third-order valence-electron chi connectivity index (χ3n) is 4.36. The van der Waals surface area contributed by atoms with Gasteiger partial charge in [-0.25, -0.2) is 4.39 Å². The second-order valence-corrected chi connectivity index (χ2v) is 6.12. The lowest BCUT2D eigenvalue weighted by Gasteiger charge is -2.15. The Balaban J connectivity index is 1.54. The van der Waals surface area contributed by atoms with Gasteiger partial charge in [0.05, 0.1) is 48.0 Å². The molecule has 0 spiro atoms. The molecule has 0 atom stereocenters. The van der Waals surface area contributed by atoms with Gasteiger partial charge < -0.3 is 10.6 Å². The first-order valence-electron chi connectivity index (χ1n) is 8.18. The molecule has 0 saturated heterocycles. The van der Waals surface area contributed by atoms with Crippen LogP contribution in [0.4, 0.5) is 10.1 Å². The van der Waals surface area contributed by atoms with E-state index in [1.54, 1.807) is 41.6 Å². The van der Waals surface area contributed by atoms with E-state index in [0.717, 1.165) is 17.0 Å². The molecule has 0 aliphatic carbocycles. The third-order valence-corrected chi connectivity index (χ3v) is 4.36. The molecule has 1 aromatic carbocycles. The number of nitrogens with zero attached hydrogens (tertiary/aromatic N) is 4. The maximum absolute atomic E-state index is 13.1. The second-order valence-electron chi connectivity index (χ2n) is 6.12. The van der Waals surface area contributed by atoms with Crippen LogP contribution < -0.4 is 5.73 Å². The average Bonchev–Trinajstić information content (AvgIpc) is 3.09. The summed E-state index contributed by atoms with van der Waals surface area (Å²) in [7, 11) is 0. The molecule has 0 radical (unpaired) electrons. The standard InChI is InChI=1S/C19H16FN5O/c20-13-3-1-12(2-4-13)15-6-5-14(21)16(24-15)9-19(26)25-10-17-18(11-25)23-8-7-22-17/h1-8H,9-11,21H2. The third kappa shape index (κ3) is 3.11. The van der Waals surface area contributed by atoms with Crippen molar-refractivity contribution in [1.29, 1.82) is 0 Å². The minimum absolute atomic E-state index is 0.0831. The van der Waals surface area contributed by atoms with Crippen LogP contribution in [0.15, 0.2) is 48.8 Å². The monoisotopic (exact) mass is 349 g/mol. The van der Waals surface area contributed by atoms with E-state index < -0.39 is 0 Å². The summed E-state index contributed by atoms with van der Waals surface area (Å²) in [4.78, 5) is 27.4. The van der Waals surface area contributed by atoms with E-state index in [4.69, 9.17) is 5.73 Å². The van der Waals surface area contributed by atoms with Crippen LogP contribution in [0.5, 0.6) is 0 Å². The van der Waals surface area contributed by atoms with Gasteiger partial charge in [0.25, 0.3) is 0 Å². The number of carbonyl (C=O) groups is 1. The number of nitrogen functional groups attached to an aromatic ring is 1. The van der Waals surface area contributed by atoms with Gasteiger partial charge in [0.15, 0.2) is 0 Å². The Bertz CT molecular complexity index is 949.